The second kappa shape index (κ2) is 21.1. The van der Waals surface area contributed by atoms with Crippen LogP contribution < -0.4 is 0 Å². The van der Waals surface area contributed by atoms with Gasteiger partial charge in [-0.2, -0.15) is 0 Å². The molecule has 22 saturated heterocycles. The highest BCUT2D eigenvalue weighted by molar-refractivity contribution is 4.98. The lowest BCUT2D eigenvalue weighted by Crippen LogP contribution is -2.67. The summed E-state index contributed by atoms with van der Waals surface area (Å²) in [6, 6.07) is 0. The average Bonchev–Trinajstić information content (AvgIpc) is 3.26. The second-order valence-corrected chi connectivity index (χ2v) is 16.6. The summed E-state index contributed by atoms with van der Waals surface area (Å²) in [5, 5.41) is 163. The maximum absolute atomic E-state index is 11.2. The summed E-state index contributed by atoms with van der Waals surface area (Å²) >= 11 is 0. The van der Waals surface area contributed by atoms with Crippen molar-refractivity contribution in [2.45, 2.75) is 192 Å². The van der Waals surface area contributed by atoms with E-state index in [1.165, 1.54) is 6.92 Å². The highest BCUT2D eigenvalue weighted by Gasteiger charge is 2.56. The van der Waals surface area contributed by atoms with Gasteiger partial charge >= 0.3 is 0 Å². The fraction of sp³-hybridized carbons (Fsp3) is 1.00. The van der Waals surface area contributed by atoms with Gasteiger partial charge in [-0.3, -0.25) is 0 Å². The van der Waals surface area contributed by atoms with Crippen LogP contribution in [0.3, 0.4) is 0 Å². The monoisotopic (exact) mass is 924 g/mol. The third kappa shape index (κ3) is 10.1. The van der Waals surface area contributed by atoms with Gasteiger partial charge in [-0.15, -0.1) is 0 Å². The first kappa shape index (κ1) is 49.8. The summed E-state index contributed by atoms with van der Waals surface area (Å²) in [6.07, 6.45) is -47.4. The van der Waals surface area contributed by atoms with Gasteiger partial charge in [0.25, 0.3) is 0 Å². The third-order valence-corrected chi connectivity index (χ3v) is 12.4. The van der Waals surface area contributed by atoms with Crippen LogP contribution in [0, 0.1) is 0 Å². The van der Waals surface area contributed by atoms with E-state index in [-0.39, 0.29) is 6.42 Å². The molecule has 22 heterocycles. The van der Waals surface area contributed by atoms with Crippen LogP contribution in [0.5, 0.6) is 0 Å². The van der Waals surface area contributed by atoms with Crippen LogP contribution in [0.15, 0.2) is 0 Å². The first-order valence-electron chi connectivity index (χ1n) is 20.7. The van der Waals surface area contributed by atoms with Gasteiger partial charge in [0.1, 0.15) is 116 Å². The molecule has 0 aromatic rings. The van der Waals surface area contributed by atoms with E-state index in [1.807, 2.05) is 0 Å². The summed E-state index contributed by atoms with van der Waals surface area (Å²) in [7, 11) is 0. The average molecular weight is 925 g/mol. The van der Waals surface area contributed by atoms with Crippen molar-refractivity contribution < 1.29 is 133 Å². The van der Waals surface area contributed by atoms with E-state index in [2.05, 4.69) is 0 Å². The Kier molecular flexibility index (Phi) is 16.6. The van der Waals surface area contributed by atoms with E-state index >= 15 is 0 Å². The maximum Gasteiger partial charge on any atom is 0.187 e. The number of hydrogen-bond donors (Lipinski definition) is 15. The molecule has 22 aliphatic rings. The molecule has 27 nitrogen and oxygen atoms in total. The van der Waals surface area contributed by atoms with Crippen molar-refractivity contribution in [3.63, 3.8) is 0 Å². The highest BCUT2D eigenvalue weighted by Crippen LogP contribution is 2.37. The van der Waals surface area contributed by atoms with E-state index in [4.69, 9.17) is 56.8 Å². The summed E-state index contributed by atoms with van der Waals surface area (Å²) < 4.78 is 69.3. The lowest BCUT2D eigenvalue weighted by molar-refractivity contribution is -0.394. The van der Waals surface area contributed by atoms with Crippen LogP contribution >= 0.6 is 0 Å². The highest BCUT2D eigenvalue weighted by atomic mass is 16.8. The Morgan fingerprint density at radius 2 is 0.571 bits per heavy atom. The summed E-state index contributed by atoms with van der Waals surface area (Å²) in [6.45, 7) is -2.80. The van der Waals surface area contributed by atoms with Crippen molar-refractivity contribution in [2.24, 2.45) is 0 Å². The van der Waals surface area contributed by atoms with Crippen LogP contribution in [0.25, 0.3) is 0 Å². The van der Waals surface area contributed by atoms with Gasteiger partial charge in [0.15, 0.2) is 37.7 Å². The van der Waals surface area contributed by atoms with Crippen LogP contribution in [-0.4, -0.2) is 282 Å². The zero-order valence-corrected chi connectivity index (χ0v) is 33.7. The van der Waals surface area contributed by atoms with Gasteiger partial charge in [-0.25, -0.2) is 0 Å². The van der Waals surface area contributed by atoms with Gasteiger partial charge in [0.2, 0.25) is 0 Å². The molecule has 0 saturated carbocycles. The summed E-state index contributed by atoms with van der Waals surface area (Å²) in [5.74, 6) is 0. The van der Waals surface area contributed by atoms with Gasteiger partial charge < -0.3 is 133 Å². The molecule has 12 bridgehead atoms. The number of aliphatic hydroxyl groups excluding tert-OH is 15. The molecular formula is C36H60O27. The smallest absolute Gasteiger partial charge is 0.187 e. The normalized spacial score (nSPS) is 55.0. The van der Waals surface area contributed by atoms with Crippen molar-refractivity contribution in [2.75, 3.05) is 33.0 Å². The Morgan fingerprint density at radius 3 is 0.921 bits per heavy atom. The molecule has 366 valence electrons. The fourth-order valence-corrected chi connectivity index (χ4v) is 8.83. The van der Waals surface area contributed by atoms with Crippen LogP contribution in [0.1, 0.15) is 19.8 Å². The molecule has 0 aliphatic carbocycles. The summed E-state index contributed by atoms with van der Waals surface area (Å²) in [5.41, 5.74) is 0. The zero-order valence-electron chi connectivity index (χ0n) is 33.7. The van der Waals surface area contributed by atoms with Gasteiger partial charge in [0.05, 0.1) is 51.3 Å². The molecule has 0 radical (unpaired) electrons. The fourth-order valence-electron chi connectivity index (χ4n) is 8.83. The van der Waals surface area contributed by atoms with Crippen molar-refractivity contribution in [1.29, 1.82) is 0 Å². The van der Waals surface area contributed by atoms with Crippen molar-refractivity contribution in [3.8, 4) is 0 Å². The zero-order chi connectivity index (χ0) is 45.6. The first-order valence-corrected chi connectivity index (χ1v) is 20.7. The van der Waals surface area contributed by atoms with E-state index < -0.39 is 211 Å². The van der Waals surface area contributed by atoms with Crippen LogP contribution in [-0.2, 0) is 56.8 Å². The SMILES string of the molecule is CC1O[C@@H]2O[C@@H]3C(CO)O[C@H](O[C@H]4CC(O)[C@H](OC4CO)O[C@@H]4C(CO)O[C@H](O[C@@H]5C(CO)O[C@H](O[C@H]6CC(O)[C@H](OC6CO)O[C@H]1[C@H](O)C2O)C(O)[C@H]5O)C(O)[C@H]4O)C(O)[C@H]3O. The topological polar surface area (TPSA) is 414 Å². The third-order valence-electron chi connectivity index (χ3n) is 12.4. The van der Waals surface area contributed by atoms with E-state index in [0.717, 1.165) is 0 Å². The Bertz CT molecular complexity index is 1430. The lowest BCUT2D eigenvalue weighted by Gasteiger charge is -2.49. The molecule has 22 rings (SSSR count). The van der Waals surface area contributed by atoms with E-state index in [1.54, 1.807) is 0 Å². The minimum Gasteiger partial charge on any atom is -0.394 e. The van der Waals surface area contributed by atoms with Crippen molar-refractivity contribution >= 4 is 0 Å². The Morgan fingerprint density at radius 1 is 0.302 bits per heavy atom. The number of ether oxygens (including phenoxy) is 12. The number of hydrogen-bond acceptors (Lipinski definition) is 27. The van der Waals surface area contributed by atoms with Crippen LogP contribution in [0.4, 0.5) is 0 Å². The Balaban J connectivity index is 1.15. The quantitative estimate of drug-likeness (QED) is 0.122. The second-order valence-electron chi connectivity index (χ2n) is 16.6. The minimum atomic E-state index is -2.03. The summed E-state index contributed by atoms with van der Waals surface area (Å²) in [4.78, 5) is 0. The lowest BCUT2D eigenvalue weighted by atomic mass is 9.95. The molecule has 22 aliphatic heterocycles. The predicted molar refractivity (Wildman–Crippen MR) is 192 cm³/mol. The molecule has 63 heavy (non-hydrogen) atoms. The molecule has 12 unspecified atom stereocenters. The molecule has 0 aromatic heterocycles. The Labute approximate surface area is 358 Å². The van der Waals surface area contributed by atoms with E-state index in [9.17, 15) is 76.6 Å². The first-order chi connectivity index (χ1) is 30.0. The number of rotatable bonds is 5. The molecule has 0 aromatic carbocycles. The minimum absolute atomic E-state index is 0.375. The van der Waals surface area contributed by atoms with Gasteiger partial charge in [0, 0.05) is 12.8 Å². The number of aliphatic hydroxyl groups is 15. The van der Waals surface area contributed by atoms with Crippen LogP contribution in [0.2, 0.25) is 0 Å². The molecule has 28 atom stereocenters. The molecule has 0 spiro atoms. The standard InChI is InChI=1S/C36H60O27/c1-9-27-19(44)23(48)33(52-9)62-29-17(7-40)57-34(24(49)20(29)45)54-13-3-11(43)32(56-15(13)5-38)61-28-16(6-39)59-36(26(51)22(28)47)63-30-18(8-41)58-35(25(50)21(30)46)53-12-2-10(42)31(60-27)55-14(12)4-37/h9-51H,2-8H2,1H3/t9?,10?,11?,12-,13-,14?,15?,16?,17?,18?,19+,20+,21+,22+,23?,24?,25?,26?,27+,28+,29+,30+,31+,32+,33+,34-,35-,36+/m0/s1. The maximum atomic E-state index is 11.2. The molecule has 0 amide bonds. The van der Waals surface area contributed by atoms with Gasteiger partial charge in [-0.05, 0) is 6.92 Å². The van der Waals surface area contributed by atoms with Crippen molar-refractivity contribution in [3.05, 3.63) is 0 Å². The van der Waals surface area contributed by atoms with Crippen molar-refractivity contribution in [1.82, 2.24) is 0 Å². The molecular weight excluding hydrogens is 864 g/mol. The molecule has 15 N–H and O–H groups in total. The van der Waals surface area contributed by atoms with E-state index in [0.29, 0.717) is 0 Å². The van der Waals surface area contributed by atoms with Gasteiger partial charge in [-0.1, -0.05) is 0 Å². The predicted octanol–water partition coefficient (Wildman–Crippen LogP) is -9.97. The molecule has 27 heteroatoms. The largest absolute Gasteiger partial charge is 0.394 e. The molecule has 22 fully saturated rings. The Hall–Kier alpha value is -1.08.